The molecule has 0 saturated carbocycles. The van der Waals surface area contributed by atoms with Crippen LogP contribution in [0.25, 0.3) is 0 Å². The third kappa shape index (κ3) is 2.52. The van der Waals surface area contributed by atoms with Crippen molar-refractivity contribution < 1.29 is 0 Å². The van der Waals surface area contributed by atoms with Gasteiger partial charge in [0.1, 0.15) is 0 Å². The number of nitrogens with one attached hydrogen (secondary N) is 1. The van der Waals surface area contributed by atoms with Gasteiger partial charge in [0, 0.05) is 18.8 Å². The molecule has 1 rings (SSSR count). The second-order valence-electron chi connectivity index (χ2n) is 3.25. The van der Waals surface area contributed by atoms with Crippen LogP contribution in [0.3, 0.4) is 0 Å². The quantitative estimate of drug-likeness (QED) is 0.754. The number of aromatic nitrogens is 2. The molecule has 0 fully saturated rings. The molecular weight excluding hydrogens is 184 g/mol. The maximum atomic E-state index is 11.4. The van der Waals surface area contributed by atoms with Crippen LogP contribution in [0.4, 0.5) is 0 Å². The molecule has 1 aromatic heterocycles. The predicted octanol–water partition coefficient (Wildman–Crippen LogP) is 1.95. The highest BCUT2D eigenvalue weighted by molar-refractivity contribution is 7.71. The van der Waals surface area contributed by atoms with E-state index in [0.717, 1.165) is 6.42 Å². The van der Waals surface area contributed by atoms with Crippen molar-refractivity contribution in [2.75, 3.05) is 0 Å². The molecule has 3 nitrogen and oxygen atoms in total. The van der Waals surface area contributed by atoms with Gasteiger partial charge < -0.3 is 4.98 Å². The summed E-state index contributed by atoms with van der Waals surface area (Å²) in [5.41, 5.74) is -0.0240. The Morgan fingerprint density at radius 2 is 2.38 bits per heavy atom. The summed E-state index contributed by atoms with van der Waals surface area (Å²) in [7, 11) is 0. The molecule has 0 bridgehead atoms. The van der Waals surface area contributed by atoms with E-state index in [1.807, 2.05) is 0 Å². The maximum Gasteiger partial charge on any atom is 0.254 e. The van der Waals surface area contributed by atoms with Crippen LogP contribution < -0.4 is 5.56 Å². The summed E-state index contributed by atoms with van der Waals surface area (Å²) in [5, 5.41) is 0. The SMILES string of the molecule is CCC(C)Cn1c(=O)cc[nH]c1=S. The van der Waals surface area contributed by atoms with Gasteiger partial charge in [0.15, 0.2) is 4.77 Å². The van der Waals surface area contributed by atoms with E-state index in [-0.39, 0.29) is 5.56 Å². The van der Waals surface area contributed by atoms with Gasteiger partial charge in [0.2, 0.25) is 0 Å². The van der Waals surface area contributed by atoms with Crippen LogP contribution in [-0.4, -0.2) is 9.55 Å². The molecule has 1 aromatic rings. The minimum Gasteiger partial charge on any atom is -0.339 e. The van der Waals surface area contributed by atoms with Crippen molar-refractivity contribution in [3.8, 4) is 0 Å². The minimum atomic E-state index is -0.0240. The predicted molar refractivity (Wildman–Crippen MR) is 55.3 cm³/mol. The topological polar surface area (TPSA) is 37.8 Å². The van der Waals surface area contributed by atoms with E-state index in [4.69, 9.17) is 12.2 Å². The van der Waals surface area contributed by atoms with Crippen LogP contribution >= 0.6 is 12.2 Å². The van der Waals surface area contributed by atoms with E-state index in [2.05, 4.69) is 18.8 Å². The van der Waals surface area contributed by atoms with Gasteiger partial charge in [-0.05, 0) is 18.1 Å². The van der Waals surface area contributed by atoms with Gasteiger partial charge in [-0.3, -0.25) is 9.36 Å². The molecule has 1 atom stereocenters. The standard InChI is InChI=1S/C9H14N2OS/c1-3-7(2)6-11-8(12)4-5-10-9(11)13/h4-5,7H,3,6H2,1-2H3,(H,10,13). The summed E-state index contributed by atoms with van der Waals surface area (Å²) in [6.45, 7) is 4.91. The highest BCUT2D eigenvalue weighted by Gasteiger charge is 2.02. The molecule has 0 aromatic carbocycles. The Labute approximate surface area is 82.4 Å². The van der Waals surface area contributed by atoms with Gasteiger partial charge in [-0.2, -0.15) is 0 Å². The third-order valence-electron chi connectivity index (χ3n) is 2.14. The normalized spacial score (nSPS) is 12.8. The zero-order valence-electron chi connectivity index (χ0n) is 7.91. The molecule has 0 aliphatic heterocycles. The van der Waals surface area contributed by atoms with Crippen molar-refractivity contribution in [3.63, 3.8) is 0 Å². The van der Waals surface area contributed by atoms with Gasteiger partial charge in [0.05, 0.1) is 0 Å². The average molecular weight is 198 g/mol. The lowest BCUT2D eigenvalue weighted by Gasteiger charge is -2.10. The lowest BCUT2D eigenvalue weighted by atomic mass is 10.1. The lowest BCUT2D eigenvalue weighted by molar-refractivity contribution is 0.452. The van der Waals surface area contributed by atoms with Gasteiger partial charge in [0.25, 0.3) is 5.56 Å². The minimum absolute atomic E-state index is 0.0240. The monoisotopic (exact) mass is 198 g/mol. The number of rotatable bonds is 3. The molecule has 1 heterocycles. The molecular formula is C9H14N2OS. The van der Waals surface area contributed by atoms with Crippen molar-refractivity contribution >= 4 is 12.2 Å². The Morgan fingerprint density at radius 1 is 1.69 bits per heavy atom. The summed E-state index contributed by atoms with van der Waals surface area (Å²) < 4.78 is 2.11. The average Bonchev–Trinajstić information content (AvgIpc) is 2.11. The molecule has 1 N–H and O–H groups in total. The number of H-pyrrole nitrogens is 1. The molecule has 72 valence electrons. The molecule has 1 unspecified atom stereocenters. The number of hydrogen-bond donors (Lipinski definition) is 1. The Hall–Kier alpha value is -0.900. The fourth-order valence-electron chi connectivity index (χ4n) is 1.07. The fraction of sp³-hybridized carbons (Fsp3) is 0.556. The first-order valence-electron chi connectivity index (χ1n) is 4.43. The fourth-order valence-corrected chi connectivity index (χ4v) is 1.30. The van der Waals surface area contributed by atoms with Crippen LogP contribution in [0.2, 0.25) is 0 Å². The summed E-state index contributed by atoms with van der Waals surface area (Å²) in [6.07, 6.45) is 2.63. The first-order chi connectivity index (χ1) is 6.15. The second kappa shape index (κ2) is 4.37. The first kappa shape index (κ1) is 10.2. The Morgan fingerprint density at radius 3 is 2.92 bits per heavy atom. The van der Waals surface area contributed by atoms with E-state index in [9.17, 15) is 4.79 Å². The van der Waals surface area contributed by atoms with Crippen molar-refractivity contribution in [2.24, 2.45) is 5.92 Å². The number of aromatic amines is 1. The van der Waals surface area contributed by atoms with Crippen LogP contribution in [0, 0.1) is 10.7 Å². The molecule has 0 aliphatic rings. The lowest BCUT2D eigenvalue weighted by Crippen LogP contribution is -2.23. The van der Waals surface area contributed by atoms with Gasteiger partial charge in [-0.1, -0.05) is 20.3 Å². The summed E-state index contributed by atoms with van der Waals surface area (Å²) in [5.74, 6) is 0.482. The second-order valence-corrected chi connectivity index (χ2v) is 3.63. The van der Waals surface area contributed by atoms with E-state index in [1.165, 1.54) is 6.07 Å². The Balaban J connectivity index is 3.01. The smallest absolute Gasteiger partial charge is 0.254 e. The Kier molecular flexibility index (Phi) is 3.42. The van der Waals surface area contributed by atoms with E-state index in [1.54, 1.807) is 10.8 Å². The van der Waals surface area contributed by atoms with E-state index < -0.39 is 0 Å². The van der Waals surface area contributed by atoms with Gasteiger partial charge >= 0.3 is 0 Å². The zero-order valence-corrected chi connectivity index (χ0v) is 8.73. The van der Waals surface area contributed by atoms with Crippen LogP contribution in [-0.2, 0) is 6.54 Å². The van der Waals surface area contributed by atoms with E-state index in [0.29, 0.717) is 17.2 Å². The van der Waals surface area contributed by atoms with E-state index >= 15 is 0 Å². The van der Waals surface area contributed by atoms with Crippen LogP contribution in [0.5, 0.6) is 0 Å². The van der Waals surface area contributed by atoms with Crippen molar-refractivity contribution in [2.45, 2.75) is 26.8 Å². The summed E-state index contributed by atoms with van der Waals surface area (Å²) in [4.78, 5) is 14.2. The van der Waals surface area contributed by atoms with Crippen molar-refractivity contribution in [1.82, 2.24) is 9.55 Å². The number of nitrogens with zero attached hydrogens (tertiary/aromatic N) is 1. The van der Waals surface area contributed by atoms with Crippen molar-refractivity contribution in [1.29, 1.82) is 0 Å². The Bertz CT molecular complexity index is 351. The molecule has 13 heavy (non-hydrogen) atoms. The highest BCUT2D eigenvalue weighted by Crippen LogP contribution is 2.02. The summed E-state index contributed by atoms with van der Waals surface area (Å²) in [6, 6.07) is 1.50. The molecule has 4 heteroatoms. The largest absolute Gasteiger partial charge is 0.339 e. The maximum absolute atomic E-state index is 11.4. The zero-order chi connectivity index (χ0) is 9.84. The summed E-state index contributed by atoms with van der Waals surface area (Å²) >= 11 is 5.01. The molecule has 0 radical (unpaired) electrons. The third-order valence-corrected chi connectivity index (χ3v) is 2.47. The molecule has 0 aliphatic carbocycles. The molecule has 0 amide bonds. The molecule has 0 spiro atoms. The van der Waals surface area contributed by atoms with Gasteiger partial charge in [-0.25, -0.2) is 0 Å². The number of hydrogen-bond acceptors (Lipinski definition) is 2. The van der Waals surface area contributed by atoms with Crippen molar-refractivity contribution in [3.05, 3.63) is 27.4 Å². The van der Waals surface area contributed by atoms with Gasteiger partial charge in [-0.15, -0.1) is 0 Å². The molecule has 0 saturated heterocycles. The van der Waals surface area contributed by atoms with Crippen LogP contribution in [0.15, 0.2) is 17.1 Å². The van der Waals surface area contributed by atoms with Crippen LogP contribution in [0.1, 0.15) is 20.3 Å². The highest BCUT2D eigenvalue weighted by atomic mass is 32.1. The first-order valence-corrected chi connectivity index (χ1v) is 4.84.